The highest BCUT2D eigenvalue weighted by molar-refractivity contribution is 5.89. The lowest BCUT2D eigenvalue weighted by Crippen LogP contribution is -2.24. The van der Waals surface area contributed by atoms with E-state index < -0.39 is 10.5 Å². The van der Waals surface area contributed by atoms with Crippen molar-refractivity contribution < 1.29 is 14.8 Å². The van der Waals surface area contributed by atoms with Crippen molar-refractivity contribution in [1.82, 2.24) is 4.57 Å². The van der Waals surface area contributed by atoms with Crippen molar-refractivity contribution in [3.63, 3.8) is 0 Å². The molecule has 2 aromatic rings. The number of aryl methyl sites for hydroxylation is 1. The fraction of sp³-hybridized carbons (Fsp3) is 0.438. The molecule has 0 bridgehead atoms. The van der Waals surface area contributed by atoms with Gasteiger partial charge in [0.25, 0.3) is 11.2 Å². The van der Waals surface area contributed by atoms with Crippen molar-refractivity contribution in [2.45, 2.75) is 46.3 Å². The van der Waals surface area contributed by atoms with Crippen LogP contribution in [-0.4, -0.2) is 20.7 Å². The summed E-state index contributed by atoms with van der Waals surface area (Å²) < 4.78 is 6.90. The van der Waals surface area contributed by atoms with E-state index in [2.05, 4.69) is 0 Å². The maximum absolute atomic E-state index is 12.6. The molecule has 7 nitrogen and oxygen atoms in total. The lowest BCUT2D eigenvalue weighted by Gasteiger charge is -2.16. The van der Waals surface area contributed by atoms with Crippen molar-refractivity contribution >= 4 is 16.6 Å². The molecule has 1 heterocycles. The molecule has 0 spiro atoms. The first kappa shape index (κ1) is 16.8. The minimum Gasteiger partial charge on any atom is -0.504 e. The predicted molar refractivity (Wildman–Crippen MR) is 87.2 cm³/mol. The lowest BCUT2D eigenvalue weighted by atomic mass is 10.1. The Labute approximate surface area is 133 Å². The maximum atomic E-state index is 12.6. The molecule has 7 heteroatoms. The number of benzene rings is 1. The Balaban J connectivity index is 2.79. The first-order valence-electron chi connectivity index (χ1n) is 7.57. The molecule has 0 radical (unpaired) electrons. The molecule has 0 aliphatic rings. The molecule has 1 aromatic heterocycles. The number of hydrogen-bond donors (Lipinski definition) is 1. The third-order valence-corrected chi connectivity index (χ3v) is 3.48. The number of ether oxygens (including phenoxy) is 1. The summed E-state index contributed by atoms with van der Waals surface area (Å²) in [6, 6.07) is 4.05. The van der Waals surface area contributed by atoms with Gasteiger partial charge in [0.05, 0.1) is 16.5 Å². The first-order valence-corrected chi connectivity index (χ1v) is 7.57. The number of pyridine rings is 1. The molecule has 0 aliphatic carbocycles. The monoisotopic (exact) mass is 320 g/mol. The number of nitro benzene ring substituents is 1. The third-order valence-electron chi connectivity index (χ3n) is 3.48. The predicted octanol–water partition coefficient (Wildman–Crippen LogP) is 3.20. The highest BCUT2D eigenvalue weighted by atomic mass is 16.6. The van der Waals surface area contributed by atoms with Crippen LogP contribution in [0.25, 0.3) is 10.9 Å². The maximum Gasteiger partial charge on any atom is 0.297 e. The Morgan fingerprint density at radius 3 is 2.65 bits per heavy atom. The summed E-state index contributed by atoms with van der Waals surface area (Å²) in [5.41, 5.74) is -0.261. The van der Waals surface area contributed by atoms with Crippen molar-refractivity contribution in [1.29, 1.82) is 0 Å². The molecule has 2 rings (SSSR count). The minimum absolute atomic E-state index is 0.113. The van der Waals surface area contributed by atoms with E-state index in [-0.39, 0.29) is 23.3 Å². The Kier molecular flexibility index (Phi) is 4.88. The van der Waals surface area contributed by atoms with E-state index in [1.54, 1.807) is 13.8 Å². The van der Waals surface area contributed by atoms with Gasteiger partial charge in [0.2, 0.25) is 5.75 Å². The molecule has 0 aliphatic heterocycles. The van der Waals surface area contributed by atoms with Crippen LogP contribution in [0.2, 0.25) is 0 Å². The standard InChI is InChI=1S/C16H20N2O5/c1-4-5-8-17-13-9-11(18(21)22)6-7-12(13)14(19)15(16(17)20)23-10(2)3/h6-7,9-10,19H,4-5,8H2,1-3H3. The number of non-ortho nitro benzene ring substituents is 1. The van der Waals surface area contributed by atoms with E-state index in [0.29, 0.717) is 17.4 Å². The topological polar surface area (TPSA) is 94.6 Å². The van der Waals surface area contributed by atoms with E-state index in [4.69, 9.17) is 4.74 Å². The van der Waals surface area contributed by atoms with E-state index in [1.807, 2.05) is 6.92 Å². The van der Waals surface area contributed by atoms with Gasteiger partial charge >= 0.3 is 0 Å². The summed E-state index contributed by atoms with van der Waals surface area (Å²) in [5.74, 6) is -0.390. The molecular formula is C16H20N2O5. The van der Waals surface area contributed by atoms with Gasteiger partial charge in [0, 0.05) is 24.1 Å². The summed E-state index contributed by atoms with van der Waals surface area (Å²) in [4.78, 5) is 23.1. The summed E-state index contributed by atoms with van der Waals surface area (Å²) in [6.45, 7) is 5.91. The molecule has 1 N–H and O–H groups in total. The van der Waals surface area contributed by atoms with Crippen LogP contribution in [0.3, 0.4) is 0 Å². The second-order valence-electron chi connectivity index (χ2n) is 5.61. The van der Waals surface area contributed by atoms with E-state index in [0.717, 1.165) is 12.8 Å². The zero-order chi connectivity index (χ0) is 17.1. The fourth-order valence-electron chi connectivity index (χ4n) is 2.39. The molecule has 0 amide bonds. The van der Waals surface area contributed by atoms with Gasteiger partial charge in [-0.1, -0.05) is 13.3 Å². The number of unbranched alkanes of at least 4 members (excludes halogenated alkanes) is 1. The van der Waals surface area contributed by atoms with Gasteiger partial charge in [-0.2, -0.15) is 0 Å². The zero-order valence-corrected chi connectivity index (χ0v) is 13.4. The average Bonchev–Trinajstić information content (AvgIpc) is 2.50. The third kappa shape index (κ3) is 3.28. The van der Waals surface area contributed by atoms with Crippen LogP contribution in [0.5, 0.6) is 11.5 Å². The number of nitro groups is 1. The number of aromatic nitrogens is 1. The molecular weight excluding hydrogens is 300 g/mol. The number of aromatic hydroxyl groups is 1. The van der Waals surface area contributed by atoms with Crippen LogP contribution in [0.15, 0.2) is 23.0 Å². The van der Waals surface area contributed by atoms with E-state index in [9.17, 15) is 20.0 Å². The SMILES string of the molecule is CCCCn1c(=O)c(OC(C)C)c(O)c2ccc([N+](=O)[O-])cc21. The average molecular weight is 320 g/mol. The van der Waals surface area contributed by atoms with Crippen LogP contribution >= 0.6 is 0 Å². The van der Waals surface area contributed by atoms with Crippen LogP contribution in [0.4, 0.5) is 5.69 Å². The van der Waals surface area contributed by atoms with Gasteiger partial charge in [-0.05, 0) is 26.3 Å². The van der Waals surface area contributed by atoms with Gasteiger partial charge in [-0.3, -0.25) is 14.9 Å². The number of hydrogen-bond acceptors (Lipinski definition) is 5. The lowest BCUT2D eigenvalue weighted by molar-refractivity contribution is -0.384. The van der Waals surface area contributed by atoms with Crippen LogP contribution < -0.4 is 10.3 Å². The summed E-state index contributed by atoms with van der Waals surface area (Å²) in [7, 11) is 0. The minimum atomic E-state index is -0.524. The molecule has 0 fully saturated rings. The van der Waals surface area contributed by atoms with Gasteiger partial charge in [-0.15, -0.1) is 0 Å². The van der Waals surface area contributed by atoms with Crippen LogP contribution in [0.1, 0.15) is 33.6 Å². The molecule has 23 heavy (non-hydrogen) atoms. The molecule has 124 valence electrons. The largest absolute Gasteiger partial charge is 0.504 e. The zero-order valence-electron chi connectivity index (χ0n) is 13.4. The van der Waals surface area contributed by atoms with Crippen LogP contribution in [0, 0.1) is 10.1 Å². The highest BCUT2D eigenvalue weighted by Gasteiger charge is 2.20. The van der Waals surface area contributed by atoms with Crippen molar-refractivity contribution in [3.05, 3.63) is 38.7 Å². The summed E-state index contributed by atoms with van der Waals surface area (Å²) in [5, 5.41) is 21.7. The van der Waals surface area contributed by atoms with Gasteiger partial charge in [-0.25, -0.2) is 0 Å². The van der Waals surface area contributed by atoms with Gasteiger partial charge in [0.1, 0.15) is 0 Å². The molecule has 0 unspecified atom stereocenters. The quantitative estimate of drug-likeness (QED) is 0.651. The van der Waals surface area contributed by atoms with Gasteiger partial charge in [0.15, 0.2) is 5.75 Å². The van der Waals surface area contributed by atoms with Crippen molar-refractivity contribution in [2.75, 3.05) is 0 Å². The molecule has 0 atom stereocenters. The van der Waals surface area contributed by atoms with E-state index >= 15 is 0 Å². The normalized spacial score (nSPS) is 11.1. The van der Waals surface area contributed by atoms with Crippen molar-refractivity contribution in [3.8, 4) is 11.5 Å². The summed E-state index contributed by atoms with van der Waals surface area (Å²) in [6.07, 6.45) is 1.33. The van der Waals surface area contributed by atoms with Gasteiger partial charge < -0.3 is 14.4 Å². The summed E-state index contributed by atoms with van der Waals surface area (Å²) >= 11 is 0. The van der Waals surface area contributed by atoms with Crippen molar-refractivity contribution in [2.24, 2.45) is 0 Å². The second-order valence-corrected chi connectivity index (χ2v) is 5.61. The molecule has 0 saturated heterocycles. The number of rotatable bonds is 6. The smallest absolute Gasteiger partial charge is 0.297 e. The first-order chi connectivity index (χ1) is 10.9. The Bertz CT molecular complexity index is 795. The Morgan fingerprint density at radius 1 is 1.39 bits per heavy atom. The number of nitrogens with zero attached hydrogens (tertiary/aromatic N) is 2. The van der Waals surface area contributed by atoms with Crippen LogP contribution in [-0.2, 0) is 6.54 Å². The second kappa shape index (κ2) is 6.68. The number of fused-ring (bicyclic) bond motifs is 1. The molecule has 0 saturated carbocycles. The highest BCUT2D eigenvalue weighted by Crippen LogP contribution is 2.33. The van der Waals surface area contributed by atoms with E-state index in [1.165, 1.54) is 22.8 Å². The molecule has 1 aromatic carbocycles. The Hall–Kier alpha value is -2.57. The Morgan fingerprint density at radius 2 is 2.09 bits per heavy atom. The fourth-order valence-corrected chi connectivity index (χ4v) is 2.39.